The van der Waals surface area contributed by atoms with Gasteiger partial charge in [0.25, 0.3) is 5.91 Å². The van der Waals surface area contributed by atoms with Crippen molar-refractivity contribution >= 4 is 5.91 Å². The molecule has 2 heterocycles. The summed E-state index contributed by atoms with van der Waals surface area (Å²) >= 11 is 0. The van der Waals surface area contributed by atoms with E-state index in [1.807, 2.05) is 43.5 Å². The van der Waals surface area contributed by atoms with Crippen molar-refractivity contribution in [3.8, 4) is 5.75 Å². The predicted molar refractivity (Wildman–Crippen MR) is 88.9 cm³/mol. The van der Waals surface area contributed by atoms with E-state index >= 15 is 0 Å². The molecule has 24 heavy (non-hydrogen) atoms. The molecule has 124 valence electrons. The molecule has 1 aromatic carbocycles. The van der Waals surface area contributed by atoms with Crippen LogP contribution in [0.4, 0.5) is 0 Å². The number of carbonyl (C=O) groups excluding carboxylic acids is 1. The van der Waals surface area contributed by atoms with Crippen molar-refractivity contribution in [2.24, 2.45) is 0 Å². The molecule has 0 saturated heterocycles. The first-order valence-corrected chi connectivity index (χ1v) is 7.67. The number of amides is 1. The number of para-hydroxylation sites is 1. The van der Waals surface area contributed by atoms with Crippen molar-refractivity contribution in [1.82, 2.24) is 15.1 Å². The smallest absolute Gasteiger partial charge is 0.287 e. The Kier molecular flexibility index (Phi) is 4.65. The van der Waals surface area contributed by atoms with Gasteiger partial charge in [-0.25, -0.2) is 0 Å². The summed E-state index contributed by atoms with van der Waals surface area (Å²) in [4.78, 5) is 12.4. The molecule has 6 nitrogen and oxygen atoms in total. The molecule has 1 amide bonds. The number of ether oxygens (including phenoxy) is 1. The molecule has 0 aliphatic carbocycles. The van der Waals surface area contributed by atoms with Crippen LogP contribution in [0.1, 0.15) is 34.8 Å². The Balaban J connectivity index is 1.67. The van der Waals surface area contributed by atoms with Crippen molar-refractivity contribution in [2.75, 3.05) is 7.11 Å². The van der Waals surface area contributed by atoms with Crippen molar-refractivity contribution in [3.63, 3.8) is 0 Å². The Morgan fingerprint density at radius 2 is 2.12 bits per heavy atom. The molecule has 0 bridgehead atoms. The maximum Gasteiger partial charge on any atom is 0.287 e. The van der Waals surface area contributed by atoms with Crippen LogP contribution in [-0.2, 0) is 6.54 Å². The highest BCUT2D eigenvalue weighted by atomic mass is 16.5. The van der Waals surface area contributed by atoms with Gasteiger partial charge in [-0.05, 0) is 31.2 Å². The quantitative estimate of drug-likeness (QED) is 0.756. The number of furan rings is 1. The Bertz CT molecular complexity index is 809. The number of rotatable bonds is 6. The zero-order valence-corrected chi connectivity index (χ0v) is 13.6. The molecule has 3 rings (SSSR count). The first kappa shape index (κ1) is 15.9. The van der Waals surface area contributed by atoms with E-state index in [-0.39, 0.29) is 17.7 Å². The number of nitrogens with zero attached hydrogens (tertiary/aromatic N) is 2. The van der Waals surface area contributed by atoms with E-state index in [1.165, 1.54) is 0 Å². The van der Waals surface area contributed by atoms with Crippen LogP contribution in [0, 0.1) is 0 Å². The summed E-state index contributed by atoms with van der Waals surface area (Å²) in [7, 11) is 1.61. The minimum absolute atomic E-state index is 0.201. The van der Waals surface area contributed by atoms with Gasteiger partial charge in [-0.2, -0.15) is 5.10 Å². The molecular formula is C18H19N3O3. The molecule has 0 aliphatic heterocycles. The highest BCUT2D eigenvalue weighted by Crippen LogP contribution is 2.24. The maximum atomic E-state index is 12.4. The van der Waals surface area contributed by atoms with E-state index in [0.29, 0.717) is 12.3 Å². The molecular weight excluding hydrogens is 306 g/mol. The fourth-order valence-electron chi connectivity index (χ4n) is 2.51. The summed E-state index contributed by atoms with van der Waals surface area (Å²) in [6.45, 7) is 2.39. The minimum Gasteiger partial charge on any atom is -0.496 e. The van der Waals surface area contributed by atoms with Gasteiger partial charge in [0.15, 0.2) is 5.76 Å². The monoisotopic (exact) mass is 325 g/mol. The lowest BCUT2D eigenvalue weighted by Gasteiger charge is -2.16. The fraction of sp³-hybridized carbons (Fsp3) is 0.222. The van der Waals surface area contributed by atoms with E-state index in [1.54, 1.807) is 30.1 Å². The van der Waals surface area contributed by atoms with Crippen molar-refractivity contribution in [3.05, 3.63) is 71.9 Å². The van der Waals surface area contributed by atoms with Gasteiger partial charge >= 0.3 is 0 Å². The van der Waals surface area contributed by atoms with Gasteiger partial charge in [0.2, 0.25) is 0 Å². The van der Waals surface area contributed by atoms with Crippen LogP contribution in [0.3, 0.4) is 0 Å². The minimum atomic E-state index is -0.264. The van der Waals surface area contributed by atoms with Gasteiger partial charge in [0, 0.05) is 18.0 Å². The molecule has 2 aromatic heterocycles. The molecule has 0 spiro atoms. The number of aromatic nitrogens is 2. The summed E-state index contributed by atoms with van der Waals surface area (Å²) < 4.78 is 12.7. The average Bonchev–Trinajstić information content (AvgIpc) is 3.27. The molecule has 1 unspecified atom stereocenters. The standard InChI is InChI=1S/C18H19N3O3/c1-13(15-6-3-4-7-16(15)23-2)20-18(22)17-9-8-14(24-17)12-21-11-5-10-19-21/h3-11,13H,12H2,1-2H3,(H,20,22). The molecule has 0 radical (unpaired) electrons. The lowest BCUT2D eigenvalue weighted by molar-refractivity contribution is 0.0909. The predicted octanol–water partition coefficient (Wildman–Crippen LogP) is 3.02. The van der Waals surface area contributed by atoms with Gasteiger partial charge in [-0.1, -0.05) is 18.2 Å². The topological polar surface area (TPSA) is 69.3 Å². The second kappa shape index (κ2) is 7.04. The summed E-state index contributed by atoms with van der Waals surface area (Å²) in [5, 5.41) is 7.04. The molecule has 1 atom stereocenters. The van der Waals surface area contributed by atoms with Gasteiger partial charge in [-0.3, -0.25) is 9.48 Å². The number of nitrogens with one attached hydrogen (secondary N) is 1. The normalized spacial score (nSPS) is 11.9. The zero-order chi connectivity index (χ0) is 16.9. The highest BCUT2D eigenvalue weighted by molar-refractivity contribution is 5.91. The van der Waals surface area contributed by atoms with Crippen LogP contribution in [-0.4, -0.2) is 22.8 Å². The van der Waals surface area contributed by atoms with E-state index in [9.17, 15) is 4.79 Å². The third-order valence-electron chi connectivity index (χ3n) is 3.72. The Morgan fingerprint density at radius 3 is 2.88 bits per heavy atom. The highest BCUT2D eigenvalue weighted by Gasteiger charge is 2.17. The lowest BCUT2D eigenvalue weighted by atomic mass is 10.1. The van der Waals surface area contributed by atoms with Gasteiger partial charge in [-0.15, -0.1) is 0 Å². The molecule has 0 saturated carbocycles. The Morgan fingerprint density at radius 1 is 1.29 bits per heavy atom. The van der Waals surface area contributed by atoms with E-state index < -0.39 is 0 Å². The van der Waals surface area contributed by atoms with Crippen LogP contribution >= 0.6 is 0 Å². The number of methoxy groups -OCH3 is 1. The number of hydrogen-bond acceptors (Lipinski definition) is 4. The van der Waals surface area contributed by atoms with Crippen LogP contribution in [0.15, 0.2) is 59.3 Å². The van der Waals surface area contributed by atoms with Gasteiger partial charge in [0.05, 0.1) is 19.7 Å². The first-order valence-electron chi connectivity index (χ1n) is 7.67. The SMILES string of the molecule is COc1ccccc1C(C)NC(=O)c1ccc(Cn2cccn2)o1. The average molecular weight is 325 g/mol. The number of benzene rings is 1. The third-order valence-corrected chi connectivity index (χ3v) is 3.72. The number of hydrogen-bond donors (Lipinski definition) is 1. The van der Waals surface area contributed by atoms with E-state index in [4.69, 9.17) is 9.15 Å². The lowest BCUT2D eigenvalue weighted by Crippen LogP contribution is -2.26. The number of carbonyl (C=O) groups is 1. The summed E-state index contributed by atoms with van der Waals surface area (Å²) in [6, 6.07) is 12.7. The molecule has 0 aliphatic rings. The Labute approximate surface area is 140 Å². The van der Waals surface area contributed by atoms with Crippen LogP contribution in [0.5, 0.6) is 5.75 Å². The summed E-state index contributed by atoms with van der Waals surface area (Å²) in [6.07, 6.45) is 3.54. The second-order valence-corrected chi connectivity index (χ2v) is 5.41. The van der Waals surface area contributed by atoms with Gasteiger partial charge < -0.3 is 14.5 Å². The summed E-state index contributed by atoms with van der Waals surface area (Å²) in [5.41, 5.74) is 0.914. The zero-order valence-electron chi connectivity index (χ0n) is 13.6. The molecule has 3 aromatic rings. The van der Waals surface area contributed by atoms with Crippen molar-refractivity contribution in [1.29, 1.82) is 0 Å². The van der Waals surface area contributed by atoms with Crippen LogP contribution < -0.4 is 10.1 Å². The third kappa shape index (κ3) is 3.48. The molecule has 6 heteroatoms. The van der Waals surface area contributed by atoms with Gasteiger partial charge in [0.1, 0.15) is 11.5 Å². The molecule has 1 N–H and O–H groups in total. The van der Waals surface area contributed by atoms with E-state index in [2.05, 4.69) is 10.4 Å². The summed E-state index contributed by atoms with van der Waals surface area (Å²) in [5.74, 6) is 1.43. The van der Waals surface area contributed by atoms with Crippen LogP contribution in [0.2, 0.25) is 0 Å². The van der Waals surface area contributed by atoms with E-state index in [0.717, 1.165) is 11.3 Å². The molecule has 0 fully saturated rings. The van der Waals surface area contributed by atoms with Crippen molar-refractivity contribution in [2.45, 2.75) is 19.5 Å². The van der Waals surface area contributed by atoms with Crippen molar-refractivity contribution < 1.29 is 13.9 Å². The first-order chi connectivity index (χ1) is 11.7. The maximum absolute atomic E-state index is 12.4. The Hall–Kier alpha value is -3.02. The second-order valence-electron chi connectivity index (χ2n) is 5.41. The fourth-order valence-corrected chi connectivity index (χ4v) is 2.51. The largest absolute Gasteiger partial charge is 0.496 e. The van der Waals surface area contributed by atoms with Crippen LogP contribution in [0.25, 0.3) is 0 Å².